The van der Waals surface area contributed by atoms with Crippen LogP contribution in [0.5, 0.6) is 0 Å². The van der Waals surface area contributed by atoms with Crippen LogP contribution in [-0.4, -0.2) is 28.5 Å². The van der Waals surface area contributed by atoms with E-state index in [1.54, 1.807) is 0 Å². The molecule has 3 nitrogen and oxygen atoms in total. The molecule has 1 aromatic carbocycles. The van der Waals surface area contributed by atoms with E-state index in [2.05, 4.69) is 40.4 Å². The molecule has 0 bridgehead atoms. The van der Waals surface area contributed by atoms with Crippen molar-refractivity contribution in [3.63, 3.8) is 0 Å². The van der Waals surface area contributed by atoms with Gasteiger partial charge in [0, 0.05) is 29.5 Å². The van der Waals surface area contributed by atoms with E-state index in [4.69, 9.17) is 0 Å². The highest BCUT2D eigenvalue weighted by Crippen LogP contribution is 2.29. The second kappa shape index (κ2) is 5.84. The van der Waals surface area contributed by atoms with Crippen LogP contribution in [-0.2, 0) is 6.54 Å². The van der Waals surface area contributed by atoms with Crippen molar-refractivity contribution in [1.82, 2.24) is 9.47 Å². The van der Waals surface area contributed by atoms with E-state index in [0.717, 1.165) is 47.1 Å². The van der Waals surface area contributed by atoms with Gasteiger partial charge in [-0.2, -0.15) is 0 Å². The van der Waals surface area contributed by atoms with Crippen LogP contribution in [0.25, 0.3) is 10.9 Å². The van der Waals surface area contributed by atoms with E-state index in [1.165, 1.54) is 6.42 Å². The summed E-state index contributed by atoms with van der Waals surface area (Å²) in [5, 5.41) is 1.12. The number of nitrogens with zero attached hydrogens (tertiary/aromatic N) is 2. The monoisotopic (exact) mass is 348 g/mol. The predicted octanol–water partition coefficient (Wildman–Crippen LogP) is 4.30. The van der Waals surface area contributed by atoms with Gasteiger partial charge in [0.05, 0.1) is 5.52 Å². The molecule has 2 heterocycles. The first-order valence-electron chi connectivity index (χ1n) is 7.68. The van der Waals surface area contributed by atoms with Gasteiger partial charge >= 0.3 is 0 Å². The summed E-state index contributed by atoms with van der Waals surface area (Å²) < 4.78 is 3.18. The maximum atomic E-state index is 12.9. The Kier molecular flexibility index (Phi) is 4.07. The third-order valence-corrected chi connectivity index (χ3v) is 4.99. The Morgan fingerprint density at radius 3 is 2.95 bits per heavy atom. The Hall–Kier alpha value is -1.29. The Balaban J connectivity index is 2.03. The molecule has 0 radical (unpaired) electrons. The number of aryl methyl sites for hydroxylation is 1. The molecule has 1 atom stereocenters. The highest BCUT2D eigenvalue weighted by atomic mass is 79.9. The number of hydrogen-bond acceptors (Lipinski definition) is 1. The molecular weight excluding hydrogens is 328 g/mol. The van der Waals surface area contributed by atoms with Crippen molar-refractivity contribution in [3.05, 3.63) is 34.4 Å². The fourth-order valence-electron chi connectivity index (χ4n) is 3.32. The second-order valence-corrected chi connectivity index (χ2v) is 6.80. The Morgan fingerprint density at radius 1 is 1.43 bits per heavy atom. The molecule has 1 saturated heterocycles. The van der Waals surface area contributed by atoms with Crippen LogP contribution in [0.4, 0.5) is 0 Å². The van der Waals surface area contributed by atoms with Crippen molar-refractivity contribution in [1.29, 1.82) is 0 Å². The lowest BCUT2D eigenvalue weighted by Gasteiger charge is -2.31. The summed E-state index contributed by atoms with van der Waals surface area (Å²) in [4.78, 5) is 14.9. The average molecular weight is 349 g/mol. The number of halogens is 1. The first-order chi connectivity index (χ1) is 10.1. The van der Waals surface area contributed by atoms with Gasteiger partial charge in [0.2, 0.25) is 0 Å². The van der Waals surface area contributed by atoms with E-state index in [0.29, 0.717) is 5.92 Å². The van der Waals surface area contributed by atoms with Crippen molar-refractivity contribution in [2.75, 3.05) is 13.1 Å². The molecule has 0 N–H and O–H groups in total. The summed E-state index contributed by atoms with van der Waals surface area (Å²) in [6.07, 6.45) is 2.34. The van der Waals surface area contributed by atoms with Gasteiger partial charge in [-0.05, 0) is 53.7 Å². The molecule has 1 aliphatic heterocycles. The summed E-state index contributed by atoms with van der Waals surface area (Å²) in [6, 6.07) is 8.16. The van der Waals surface area contributed by atoms with E-state index >= 15 is 0 Å². The number of hydrogen-bond donors (Lipinski definition) is 0. The molecule has 1 unspecified atom stereocenters. The number of amides is 1. The highest BCUT2D eigenvalue weighted by molar-refractivity contribution is 9.10. The third kappa shape index (κ3) is 2.61. The van der Waals surface area contributed by atoms with Gasteiger partial charge in [0.25, 0.3) is 5.91 Å². The van der Waals surface area contributed by atoms with Crippen LogP contribution in [0.15, 0.2) is 28.7 Å². The van der Waals surface area contributed by atoms with Crippen LogP contribution in [0.1, 0.15) is 37.2 Å². The van der Waals surface area contributed by atoms with Crippen molar-refractivity contribution in [2.24, 2.45) is 5.92 Å². The van der Waals surface area contributed by atoms with Crippen molar-refractivity contribution in [3.8, 4) is 0 Å². The molecule has 112 valence electrons. The van der Waals surface area contributed by atoms with Crippen LogP contribution in [0.2, 0.25) is 0 Å². The largest absolute Gasteiger partial charge is 0.337 e. The summed E-state index contributed by atoms with van der Waals surface area (Å²) in [6.45, 7) is 6.89. The van der Waals surface area contributed by atoms with Crippen LogP contribution in [0.3, 0.4) is 0 Å². The van der Waals surface area contributed by atoms with Gasteiger partial charge in [-0.25, -0.2) is 0 Å². The van der Waals surface area contributed by atoms with Gasteiger partial charge in [-0.3, -0.25) is 4.79 Å². The maximum Gasteiger partial charge on any atom is 0.270 e. The fraction of sp³-hybridized carbons (Fsp3) is 0.471. The van der Waals surface area contributed by atoms with Gasteiger partial charge in [0.1, 0.15) is 5.69 Å². The lowest BCUT2D eigenvalue weighted by Crippen LogP contribution is -2.39. The quantitative estimate of drug-likeness (QED) is 0.794. The lowest BCUT2D eigenvalue weighted by atomic mass is 10.00. The number of para-hydroxylation sites is 1. The van der Waals surface area contributed by atoms with Crippen molar-refractivity contribution in [2.45, 2.75) is 33.2 Å². The van der Waals surface area contributed by atoms with E-state index in [-0.39, 0.29) is 5.91 Å². The minimum absolute atomic E-state index is 0.173. The number of piperidine rings is 1. The molecule has 3 rings (SSSR count). The first-order valence-corrected chi connectivity index (χ1v) is 8.48. The first kappa shape index (κ1) is 14.6. The number of carbonyl (C=O) groups is 1. The number of rotatable bonds is 2. The molecule has 1 aromatic heterocycles. The molecular formula is C17H21BrN2O. The lowest BCUT2D eigenvalue weighted by molar-refractivity contribution is 0.0672. The van der Waals surface area contributed by atoms with Crippen LogP contribution >= 0.6 is 15.9 Å². The van der Waals surface area contributed by atoms with E-state index in [1.807, 2.05) is 23.1 Å². The molecule has 0 saturated carbocycles. The van der Waals surface area contributed by atoms with Crippen LogP contribution in [0, 0.1) is 5.92 Å². The molecule has 21 heavy (non-hydrogen) atoms. The number of aromatic nitrogens is 1. The molecule has 1 aliphatic rings. The SMILES string of the molecule is CCn1c(C(=O)N2CCCC(C)C2)cc2cccc(Br)c21. The van der Waals surface area contributed by atoms with E-state index in [9.17, 15) is 4.79 Å². The normalized spacial score (nSPS) is 19.2. The number of benzene rings is 1. The smallest absolute Gasteiger partial charge is 0.270 e. The number of likely N-dealkylation sites (tertiary alicyclic amines) is 1. The summed E-state index contributed by atoms with van der Waals surface area (Å²) in [7, 11) is 0. The van der Waals surface area contributed by atoms with Gasteiger partial charge in [-0.15, -0.1) is 0 Å². The second-order valence-electron chi connectivity index (χ2n) is 5.95. The minimum atomic E-state index is 0.173. The molecule has 1 amide bonds. The molecule has 2 aromatic rings. The predicted molar refractivity (Wildman–Crippen MR) is 89.6 cm³/mol. The Bertz CT molecular complexity index is 677. The zero-order valence-corrected chi connectivity index (χ0v) is 14.2. The third-order valence-electron chi connectivity index (χ3n) is 4.35. The Morgan fingerprint density at radius 2 is 2.24 bits per heavy atom. The van der Waals surface area contributed by atoms with Gasteiger partial charge in [0.15, 0.2) is 0 Å². The highest BCUT2D eigenvalue weighted by Gasteiger charge is 2.25. The van der Waals surface area contributed by atoms with Crippen molar-refractivity contribution < 1.29 is 4.79 Å². The zero-order valence-electron chi connectivity index (χ0n) is 12.6. The minimum Gasteiger partial charge on any atom is -0.337 e. The van der Waals surface area contributed by atoms with Crippen molar-refractivity contribution >= 4 is 32.7 Å². The Labute approximate surface area is 134 Å². The summed E-state index contributed by atoms with van der Waals surface area (Å²) in [5.41, 5.74) is 1.93. The summed E-state index contributed by atoms with van der Waals surface area (Å²) >= 11 is 3.61. The van der Waals surface area contributed by atoms with E-state index < -0.39 is 0 Å². The topological polar surface area (TPSA) is 25.2 Å². The number of carbonyl (C=O) groups excluding carboxylic acids is 1. The zero-order chi connectivity index (χ0) is 15.0. The number of fused-ring (bicyclic) bond motifs is 1. The average Bonchev–Trinajstić information content (AvgIpc) is 2.86. The molecule has 0 aliphatic carbocycles. The van der Waals surface area contributed by atoms with Gasteiger partial charge < -0.3 is 9.47 Å². The van der Waals surface area contributed by atoms with Crippen LogP contribution < -0.4 is 0 Å². The summed E-state index contributed by atoms with van der Waals surface area (Å²) in [5.74, 6) is 0.778. The molecule has 1 fully saturated rings. The maximum absolute atomic E-state index is 12.9. The standard InChI is InChI=1S/C17H21BrN2O/c1-3-20-15(10-13-7-4-8-14(18)16(13)20)17(21)19-9-5-6-12(2)11-19/h4,7-8,10,12H,3,5-6,9,11H2,1-2H3. The molecule has 0 spiro atoms. The molecule has 4 heteroatoms. The van der Waals surface area contributed by atoms with Gasteiger partial charge in [-0.1, -0.05) is 19.1 Å². The fourth-order valence-corrected chi connectivity index (χ4v) is 3.92.